The number of rotatable bonds is 6. The Balaban J connectivity index is 1.84. The number of hydrogen-bond acceptors (Lipinski definition) is 3. The van der Waals surface area contributed by atoms with E-state index in [4.69, 9.17) is 0 Å². The lowest BCUT2D eigenvalue weighted by Gasteiger charge is -2.36. The van der Waals surface area contributed by atoms with E-state index in [0.717, 1.165) is 43.5 Å². The van der Waals surface area contributed by atoms with E-state index in [1.807, 2.05) is 12.3 Å². The van der Waals surface area contributed by atoms with Crippen molar-refractivity contribution >= 4 is 5.91 Å². The molecule has 2 aromatic rings. The number of amides is 1. The highest BCUT2D eigenvalue weighted by molar-refractivity contribution is 5.83. The molecule has 2 N–H and O–H groups in total. The van der Waals surface area contributed by atoms with Crippen molar-refractivity contribution in [2.75, 3.05) is 19.6 Å². The molecule has 1 aromatic heterocycles. The maximum absolute atomic E-state index is 12.8. The van der Waals surface area contributed by atoms with Crippen LogP contribution in [0.25, 0.3) is 11.1 Å². The number of piperidine rings is 1. The molecule has 0 bridgehead atoms. The lowest BCUT2D eigenvalue weighted by atomic mass is 9.73. The van der Waals surface area contributed by atoms with Crippen LogP contribution in [0.1, 0.15) is 18.4 Å². The van der Waals surface area contributed by atoms with Crippen molar-refractivity contribution in [2.45, 2.75) is 19.3 Å². The molecule has 4 nitrogen and oxygen atoms in total. The van der Waals surface area contributed by atoms with Gasteiger partial charge in [-0.25, -0.2) is 0 Å². The van der Waals surface area contributed by atoms with E-state index in [1.165, 1.54) is 5.56 Å². The Morgan fingerprint density at radius 2 is 2.04 bits per heavy atom. The lowest BCUT2D eigenvalue weighted by molar-refractivity contribution is -0.132. The number of benzene rings is 1. The van der Waals surface area contributed by atoms with E-state index in [2.05, 4.69) is 52.5 Å². The third-order valence-corrected chi connectivity index (χ3v) is 4.91. The maximum atomic E-state index is 12.8. The fourth-order valence-corrected chi connectivity index (χ4v) is 3.53. The molecule has 0 atom stereocenters. The van der Waals surface area contributed by atoms with Crippen LogP contribution in [0, 0.1) is 5.41 Å². The van der Waals surface area contributed by atoms with Crippen molar-refractivity contribution in [3.05, 3.63) is 67.0 Å². The zero-order chi connectivity index (χ0) is 17.5. The predicted octanol–water partition coefficient (Wildman–Crippen LogP) is 2.96. The van der Waals surface area contributed by atoms with Gasteiger partial charge >= 0.3 is 0 Å². The fraction of sp³-hybridized carbons (Fsp3) is 0.333. The molecule has 25 heavy (non-hydrogen) atoms. The van der Waals surface area contributed by atoms with Gasteiger partial charge in [0.1, 0.15) is 0 Å². The number of carbonyl (C=O) groups is 1. The molecule has 2 heterocycles. The summed E-state index contributed by atoms with van der Waals surface area (Å²) in [6.45, 7) is 5.97. The molecular weight excluding hydrogens is 310 g/mol. The molecule has 0 radical (unpaired) electrons. The normalized spacial score (nSPS) is 16.2. The Bertz CT molecular complexity index is 721. The summed E-state index contributed by atoms with van der Waals surface area (Å²) in [5.41, 5.74) is 3.08. The molecular formula is C21H25N3O. The van der Waals surface area contributed by atoms with Gasteiger partial charge in [0.2, 0.25) is 5.91 Å². The third-order valence-electron chi connectivity index (χ3n) is 4.91. The van der Waals surface area contributed by atoms with Crippen molar-refractivity contribution in [3.8, 4) is 11.1 Å². The lowest BCUT2D eigenvalue weighted by Crippen LogP contribution is -2.49. The monoisotopic (exact) mass is 335 g/mol. The van der Waals surface area contributed by atoms with Crippen molar-refractivity contribution in [3.63, 3.8) is 0 Å². The summed E-state index contributed by atoms with van der Waals surface area (Å²) < 4.78 is 0. The summed E-state index contributed by atoms with van der Waals surface area (Å²) in [4.78, 5) is 17.0. The Hall–Kier alpha value is -2.46. The van der Waals surface area contributed by atoms with Crippen molar-refractivity contribution < 1.29 is 4.79 Å². The molecule has 130 valence electrons. The van der Waals surface area contributed by atoms with Crippen LogP contribution >= 0.6 is 0 Å². The largest absolute Gasteiger partial charge is 0.352 e. The van der Waals surface area contributed by atoms with Crippen LogP contribution in [0.4, 0.5) is 0 Å². The van der Waals surface area contributed by atoms with E-state index in [-0.39, 0.29) is 11.3 Å². The van der Waals surface area contributed by atoms with Crippen LogP contribution in [-0.2, 0) is 11.2 Å². The van der Waals surface area contributed by atoms with Gasteiger partial charge in [-0.15, -0.1) is 6.58 Å². The second-order valence-electron chi connectivity index (χ2n) is 6.65. The van der Waals surface area contributed by atoms with Crippen LogP contribution in [0.5, 0.6) is 0 Å². The predicted molar refractivity (Wildman–Crippen MR) is 101 cm³/mol. The third kappa shape index (κ3) is 4.15. The fourth-order valence-electron chi connectivity index (χ4n) is 3.53. The van der Waals surface area contributed by atoms with Gasteiger partial charge in [-0.05, 0) is 55.1 Å². The number of pyridine rings is 1. The van der Waals surface area contributed by atoms with Gasteiger partial charge in [0.15, 0.2) is 0 Å². The van der Waals surface area contributed by atoms with Gasteiger partial charge in [0, 0.05) is 18.9 Å². The minimum Gasteiger partial charge on any atom is -0.352 e. The van der Waals surface area contributed by atoms with Gasteiger partial charge in [-0.2, -0.15) is 0 Å². The minimum absolute atomic E-state index is 0.140. The molecule has 1 fully saturated rings. The van der Waals surface area contributed by atoms with Crippen LogP contribution in [0.2, 0.25) is 0 Å². The van der Waals surface area contributed by atoms with Crippen molar-refractivity contribution in [1.29, 1.82) is 0 Å². The highest BCUT2D eigenvalue weighted by atomic mass is 16.2. The molecule has 3 rings (SSSR count). The molecule has 1 aliphatic heterocycles. The minimum atomic E-state index is -0.345. The maximum Gasteiger partial charge on any atom is 0.226 e. The van der Waals surface area contributed by atoms with Gasteiger partial charge in [0.25, 0.3) is 0 Å². The number of nitrogens with one attached hydrogen (secondary N) is 2. The summed E-state index contributed by atoms with van der Waals surface area (Å²) >= 11 is 0. The number of hydrogen-bond donors (Lipinski definition) is 2. The van der Waals surface area contributed by atoms with E-state index in [9.17, 15) is 4.79 Å². The Kier molecular flexibility index (Phi) is 5.61. The standard InChI is InChI=1S/C21H25N3O/c1-2-10-24-20(25)21(8-12-22-13-9-21)15-17-5-3-6-18(14-17)19-7-4-11-23-16-19/h2-7,11,14,16,22H,1,8-10,12-13,15H2,(H,24,25). The molecule has 1 saturated heterocycles. The van der Waals surface area contributed by atoms with Gasteiger partial charge in [-0.1, -0.05) is 36.4 Å². The van der Waals surface area contributed by atoms with E-state index < -0.39 is 0 Å². The zero-order valence-electron chi connectivity index (χ0n) is 14.5. The molecule has 1 aromatic carbocycles. The first-order valence-electron chi connectivity index (χ1n) is 8.83. The second kappa shape index (κ2) is 8.08. The van der Waals surface area contributed by atoms with Crippen LogP contribution in [0.3, 0.4) is 0 Å². The smallest absolute Gasteiger partial charge is 0.226 e. The summed E-state index contributed by atoms with van der Waals surface area (Å²) in [5.74, 6) is 0.140. The van der Waals surface area contributed by atoms with Crippen LogP contribution in [-0.4, -0.2) is 30.5 Å². The quantitative estimate of drug-likeness (QED) is 0.798. The second-order valence-corrected chi connectivity index (χ2v) is 6.65. The first-order valence-corrected chi connectivity index (χ1v) is 8.83. The summed E-state index contributed by atoms with van der Waals surface area (Å²) in [5, 5.41) is 6.38. The van der Waals surface area contributed by atoms with Crippen molar-refractivity contribution in [2.24, 2.45) is 5.41 Å². The number of nitrogens with zero attached hydrogens (tertiary/aromatic N) is 1. The average Bonchev–Trinajstić information content (AvgIpc) is 2.67. The SMILES string of the molecule is C=CCNC(=O)C1(Cc2cccc(-c3cccnc3)c2)CCNCC1. The Labute approximate surface area is 149 Å². The first-order chi connectivity index (χ1) is 12.2. The molecule has 0 saturated carbocycles. The van der Waals surface area contributed by atoms with E-state index in [0.29, 0.717) is 6.54 Å². The summed E-state index contributed by atoms with van der Waals surface area (Å²) in [6.07, 6.45) is 7.85. The molecule has 4 heteroatoms. The average molecular weight is 335 g/mol. The molecule has 1 aliphatic rings. The highest BCUT2D eigenvalue weighted by Crippen LogP contribution is 2.34. The van der Waals surface area contributed by atoms with Crippen LogP contribution in [0.15, 0.2) is 61.4 Å². The Morgan fingerprint density at radius 3 is 2.76 bits per heavy atom. The topological polar surface area (TPSA) is 54.0 Å². The van der Waals surface area contributed by atoms with Crippen molar-refractivity contribution in [1.82, 2.24) is 15.6 Å². The van der Waals surface area contributed by atoms with Gasteiger partial charge in [0.05, 0.1) is 5.41 Å². The molecule has 0 spiro atoms. The Morgan fingerprint density at radius 1 is 1.24 bits per heavy atom. The summed E-state index contributed by atoms with van der Waals surface area (Å²) in [7, 11) is 0. The van der Waals surface area contributed by atoms with E-state index >= 15 is 0 Å². The number of carbonyl (C=O) groups excluding carboxylic acids is 1. The highest BCUT2D eigenvalue weighted by Gasteiger charge is 2.39. The molecule has 0 aliphatic carbocycles. The summed E-state index contributed by atoms with van der Waals surface area (Å²) in [6, 6.07) is 12.5. The number of aromatic nitrogens is 1. The zero-order valence-corrected chi connectivity index (χ0v) is 14.5. The molecule has 1 amide bonds. The van der Waals surface area contributed by atoms with Gasteiger partial charge < -0.3 is 10.6 Å². The van der Waals surface area contributed by atoms with E-state index in [1.54, 1.807) is 12.3 Å². The van der Waals surface area contributed by atoms with Crippen LogP contribution < -0.4 is 10.6 Å². The van der Waals surface area contributed by atoms with Gasteiger partial charge in [-0.3, -0.25) is 9.78 Å². The first kappa shape index (κ1) is 17.4. The molecule has 0 unspecified atom stereocenters.